The van der Waals surface area contributed by atoms with Crippen LogP contribution in [0.5, 0.6) is 0 Å². The molecule has 29 heavy (non-hydrogen) atoms. The van der Waals surface area contributed by atoms with Gasteiger partial charge in [-0.05, 0) is 36.3 Å². The van der Waals surface area contributed by atoms with Gasteiger partial charge in [0.15, 0.2) is 0 Å². The molecule has 3 N–H and O–H groups in total. The molecule has 1 heterocycles. The van der Waals surface area contributed by atoms with E-state index in [0.717, 1.165) is 24.0 Å². The number of hydrazine groups is 1. The van der Waals surface area contributed by atoms with Crippen LogP contribution in [-0.4, -0.2) is 24.5 Å². The van der Waals surface area contributed by atoms with Crippen molar-refractivity contribution in [2.24, 2.45) is 0 Å². The fourth-order valence-electron chi connectivity index (χ4n) is 2.38. The van der Waals surface area contributed by atoms with Gasteiger partial charge in [0, 0.05) is 13.0 Å². The lowest BCUT2D eigenvalue weighted by molar-refractivity contribution is -0.122. The van der Waals surface area contributed by atoms with E-state index in [2.05, 4.69) is 16.2 Å². The molecule has 0 bridgehead atoms. The van der Waals surface area contributed by atoms with E-state index in [1.54, 1.807) is 5.38 Å². The Morgan fingerprint density at radius 3 is 2.52 bits per heavy atom. The Labute approximate surface area is 178 Å². The number of nitrogens with one attached hydrogen (secondary N) is 3. The molecule has 0 unspecified atom stereocenters. The van der Waals surface area contributed by atoms with Crippen LogP contribution in [0, 0.1) is 6.92 Å². The summed E-state index contributed by atoms with van der Waals surface area (Å²) >= 11 is 7.25. The topological polar surface area (TPSA) is 96.5 Å². The molecule has 0 saturated heterocycles. The number of aryl methyl sites for hydroxylation is 1. The predicted octanol–water partition coefficient (Wildman–Crippen LogP) is 3.96. The van der Waals surface area contributed by atoms with Gasteiger partial charge in [0.05, 0.1) is 5.02 Å². The van der Waals surface area contributed by atoms with Crippen molar-refractivity contribution in [3.8, 4) is 0 Å². The molecule has 0 saturated carbocycles. The molecule has 156 valence electrons. The monoisotopic (exact) mass is 437 g/mol. The van der Waals surface area contributed by atoms with Gasteiger partial charge in [-0.15, -0.1) is 11.3 Å². The summed E-state index contributed by atoms with van der Waals surface area (Å²) in [7, 11) is 0. The number of carbonyl (C=O) groups excluding carboxylic acids is 3. The molecule has 0 aliphatic carbocycles. The van der Waals surface area contributed by atoms with Crippen LogP contribution in [0.25, 0.3) is 0 Å². The number of ether oxygens (including phenoxy) is 1. The third kappa shape index (κ3) is 8.13. The molecule has 0 aliphatic rings. The van der Waals surface area contributed by atoms with Crippen molar-refractivity contribution in [3.63, 3.8) is 0 Å². The second-order valence-electron chi connectivity index (χ2n) is 6.36. The molecule has 0 spiro atoms. The normalized spacial score (nSPS) is 10.3. The number of carbonyl (C=O) groups is 3. The number of alkyl carbamates (subject to hydrolysis) is 1. The summed E-state index contributed by atoms with van der Waals surface area (Å²) in [5.74, 6) is -0.711. The molecule has 1 aromatic carbocycles. The van der Waals surface area contributed by atoms with Gasteiger partial charge in [0.1, 0.15) is 11.5 Å². The first-order chi connectivity index (χ1) is 14.0. The minimum absolute atomic E-state index is 0.231. The Morgan fingerprint density at radius 1 is 1.07 bits per heavy atom. The summed E-state index contributed by atoms with van der Waals surface area (Å²) in [5.41, 5.74) is 6.49. The van der Waals surface area contributed by atoms with Crippen molar-refractivity contribution in [1.29, 1.82) is 0 Å². The quantitative estimate of drug-likeness (QED) is 0.408. The largest absolute Gasteiger partial charge is 0.445 e. The number of halogens is 1. The number of hydrogen-bond acceptors (Lipinski definition) is 5. The number of hydrogen-bond donors (Lipinski definition) is 3. The van der Waals surface area contributed by atoms with Crippen LogP contribution < -0.4 is 16.2 Å². The van der Waals surface area contributed by atoms with Crippen molar-refractivity contribution in [2.45, 2.75) is 39.2 Å². The van der Waals surface area contributed by atoms with E-state index in [1.807, 2.05) is 37.3 Å². The number of thiophene rings is 1. The van der Waals surface area contributed by atoms with Crippen molar-refractivity contribution in [1.82, 2.24) is 16.2 Å². The molecule has 3 amide bonds. The zero-order valence-electron chi connectivity index (χ0n) is 16.1. The lowest BCUT2D eigenvalue weighted by Gasteiger charge is -2.08. The van der Waals surface area contributed by atoms with Gasteiger partial charge in [-0.1, -0.05) is 48.4 Å². The highest BCUT2D eigenvalue weighted by Gasteiger charge is 2.15. The van der Waals surface area contributed by atoms with Crippen LogP contribution >= 0.6 is 22.9 Å². The summed E-state index contributed by atoms with van der Waals surface area (Å²) in [6.07, 6.45) is 1.94. The Bertz CT molecular complexity index is 826. The standard InChI is InChI=1S/C20H24ClN3O4S/c1-14-13-29-18(17(14)21)19(26)24-23-16(25)10-6-3-7-11-22-20(27)28-12-15-8-4-2-5-9-15/h2,4-5,8-9,13H,3,6-7,10-12H2,1H3,(H,22,27)(H,23,25)(H,24,26). The minimum Gasteiger partial charge on any atom is -0.445 e. The Morgan fingerprint density at radius 2 is 1.83 bits per heavy atom. The summed E-state index contributed by atoms with van der Waals surface area (Å²) in [5, 5.41) is 4.86. The van der Waals surface area contributed by atoms with Crippen molar-refractivity contribution >= 4 is 40.8 Å². The Kier molecular flexibility index (Phi) is 9.46. The molecular weight excluding hydrogens is 414 g/mol. The lowest BCUT2D eigenvalue weighted by Crippen LogP contribution is -2.41. The zero-order valence-corrected chi connectivity index (χ0v) is 17.7. The SMILES string of the molecule is Cc1csc(C(=O)NNC(=O)CCCCCNC(=O)OCc2ccccc2)c1Cl. The van der Waals surface area contributed by atoms with Crippen molar-refractivity contribution in [2.75, 3.05) is 6.54 Å². The lowest BCUT2D eigenvalue weighted by atomic mass is 10.2. The third-order valence-corrected chi connectivity index (χ3v) is 5.68. The number of amides is 3. The summed E-state index contributed by atoms with van der Waals surface area (Å²) in [6, 6.07) is 9.44. The smallest absolute Gasteiger partial charge is 0.407 e. The van der Waals surface area contributed by atoms with Gasteiger partial charge in [0.25, 0.3) is 5.91 Å². The van der Waals surface area contributed by atoms with E-state index in [-0.39, 0.29) is 18.9 Å². The first-order valence-corrected chi connectivity index (χ1v) is 10.5. The molecule has 0 radical (unpaired) electrons. The number of unbranched alkanes of at least 4 members (excludes halogenated alkanes) is 2. The second kappa shape index (κ2) is 12.1. The van der Waals surface area contributed by atoms with Crippen LogP contribution in [0.15, 0.2) is 35.7 Å². The van der Waals surface area contributed by atoms with Gasteiger partial charge in [-0.25, -0.2) is 4.79 Å². The van der Waals surface area contributed by atoms with Gasteiger partial charge in [-0.2, -0.15) is 0 Å². The van der Waals surface area contributed by atoms with Crippen LogP contribution in [-0.2, 0) is 16.1 Å². The van der Waals surface area contributed by atoms with Crippen LogP contribution in [0.4, 0.5) is 4.79 Å². The minimum atomic E-state index is -0.461. The first-order valence-electron chi connectivity index (χ1n) is 9.24. The van der Waals surface area contributed by atoms with E-state index in [4.69, 9.17) is 16.3 Å². The zero-order chi connectivity index (χ0) is 21.1. The maximum atomic E-state index is 12.0. The molecule has 7 nitrogen and oxygen atoms in total. The van der Waals surface area contributed by atoms with Crippen molar-refractivity contribution < 1.29 is 19.1 Å². The highest BCUT2D eigenvalue weighted by molar-refractivity contribution is 7.13. The molecule has 2 rings (SSSR count). The van der Waals surface area contributed by atoms with Crippen LogP contribution in [0.3, 0.4) is 0 Å². The molecule has 0 atom stereocenters. The molecule has 9 heteroatoms. The van der Waals surface area contributed by atoms with E-state index in [1.165, 1.54) is 11.3 Å². The molecule has 1 aromatic heterocycles. The molecule has 0 aliphatic heterocycles. The number of benzene rings is 1. The van der Waals surface area contributed by atoms with Gasteiger partial charge in [-0.3, -0.25) is 20.4 Å². The summed E-state index contributed by atoms with van der Waals surface area (Å²) in [4.78, 5) is 35.7. The molecular formula is C20H24ClN3O4S. The Balaban J connectivity index is 1.49. The maximum absolute atomic E-state index is 12.0. The highest BCUT2D eigenvalue weighted by Crippen LogP contribution is 2.26. The Hall–Kier alpha value is -2.58. The second-order valence-corrected chi connectivity index (χ2v) is 7.62. The summed E-state index contributed by atoms with van der Waals surface area (Å²) < 4.78 is 5.11. The average Bonchev–Trinajstić information content (AvgIpc) is 3.06. The molecule has 2 aromatic rings. The third-order valence-electron chi connectivity index (χ3n) is 3.98. The van der Waals surface area contributed by atoms with E-state index in [0.29, 0.717) is 22.9 Å². The van der Waals surface area contributed by atoms with Gasteiger partial charge in [0.2, 0.25) is 5.91 Å². The van der Waals surface area contributed by atoms with Gasteiger partial charge < -0.3 is 10.1 Å². The number of rotatable bonds is 9. The summed E-state index contributed by atoms with van der Waals surface area (Å²) in [6.45, 7) is 2.52. The van der Waals surface area contributed by atoms with Crippen molar-refractivity contribution in [3.05, 3.63) is 56.7 Å². The van der Waals surface area contributed by atoms with Crippen LogP contribution in [0.1, 0.15) is 46.5 Å². The van der Waals surface area contributed by atoms with E-state index >= 15 is 0 Å². The predicted molar refractivity (Wildman–Crippen MR) is 113 cm³/mol. The van der Waals surface area contributed by atoms with E-state index < -0.39 is 12.0 Å². The van der Waals surface area contributed by atoms with E-state index in [9.17, 15) is 14.4 Å². The fourth-order valence-corrected chi connectivity index (χ4v) is 3.55. The first kappa shape index (κ1) is 22.7. The van der Waals surface area contributed by atoms with Crippen LogP contribution in [0.2, 0.25) is 5.02 Å². The average molecular weight is 438 g/mol. The van der Waals surface area contributed by atoms with Gasteiger partial charge >= 0.3 is 6.09 Å². The maximum Gasteiger partial charge on any atom is 0.407 e. The fraction of sp³-hybridized carbons (Fsp3) is 0.350. The molecule has 0 fully saturated rings. The highest BCUT2D eigenvalue weighted by atomic mass is 35.5.